The summed E-state index contributed by atoms with van der Waals surface area (Å²) in [6.07, 6.45) is 0.998. The molecule has 0 aromatic heterocycles. The molecule has 1 N–H and O–H groups in total. The number of ether oxygens (including phenoxy) is 1. The van der Waals surface area contributed by atoms with Gasteiger partial charge in [-0.05, 0) is 43.5 Å². The van der Waals surface area contributed by atoms with Gasteiger partial charge in [-0.1, -0.05) is 36.4 Å². The van der Waals surface area contributed by atoms with E-state index in [1.54, 1.807) is 12.1 Å². The molecule has 25 heavy (non-hydrogen) atoms. The lowest BCUT2D eigenvalue weighted by Crippen LogP contribution is -2.47. The highest BCUT2D eigenvalue weighted by atomic mass is 16.6. The maximum Gasteiger partial charge on any atom is 0.412 e. The standard InChI is InChI=1S/C20H22N2O3/c1-15-7-5-6-10-18(15)19(23)22-13-11-16(12-14-22)21-20(24)25-17-8-3-2-4-9-17/h2-10,16H,11-14H2,1H3,(H,21,24). The minimum Gasteiger partial charge on any atom is -0.410 e. The first-order chi connectivity index (χ1) is 12.1. The first-order valence-corrected chi connectivity index (χ1v) is 8.52. The summed E-state index contributed by atoms with van der Waals surface area (Å²) in [6.45, 7) is 3.20. The summed E-state index contributed by atoms with van der Waals surface area (Å²) in [6, 6.07) is 16.6. The lowest BCUT2D eigenvalue weighted by atomic mass is 10.0. The number of likely N-dealkylation sites (tertiary alicyclic amines) is 1. The van der Waals surface area contributed by atoms with Crippen LogP contribution in [-0.2, 0) is 0 Å². The molecule has 1 saturated heterocycles. The third-order valence-electron chi connectivity index (χ3n) is 4.43. The second-order valence-corrected chi connectivity index (χ2v) is 6.23. The summed E-state index contributed by atoms with van der Waals surface area (Å²) in [4.78, 5) is 26.4. The largest absolute Gasteiger partial charge is 0.412 e. The molecule has 2 amide bonds. The Hall–Kier alpha value is -2.82. The molecule has 2 aromatic carbocycles. The molecular formula is C20H22N2O3. The van der Waals surface area contributed by atoms with Crippen molar-refractivity contribution in [1.29, 1.82) is 0 Å². The Labute approximate surface area is 147 Å². The predicted octanol–water partition coefficient (Wildman–Crippen LogP) is 3.39. The van der Waals surface area contributed by atoms with E-state index < -0.39 is 6.09 Å². The summed E-state index contributed by atoms with van der Waals surface area (Å²) >= 11 is 0. The molecule has 3 rings (SSSR count). The fourth-order valence-electron chi connectivity index (χ4n) is 3.00. The molecule has 0 radical (unpaired) electrons. The van der Waals surface area contributed by atoms with Crippen LogP contribution < -0.4 is 10.1 Å². The number of aryl methyl sites for hydroxylation is 1. The van der Waals surface area contributed by atoms with E-state index in [4.69, 9.17) is 4.74 Å². The van der Waals surface area contributed by atoms with Crippen molar-refractivity contribution in [1.82, 2.24) is 10.2 Å². The summed E-state index contributed by atoms with van der Waals surface area (Å²) < 4.78 is 5.25. The molecule has 1 heterocycles. The van der Waals surface area contributed by atoms with Gasteiger partial charge in [0, 0.05) is 24.7 Å². The summed E-state index contributed by atoms with van der Waals surface area (Å²) in [5.41, 5.74) is 1.73. The van der Waals surface area contributed by atoms with Crippen molar-refractivity contribution in [2.45, 2.75) is 25.8 Å². The number of rotatable bonds is 3. The minimum atomic E-state index is -0.449. The van der Waals surface area contributed by atoms with Crippen LogP contribution in [-0.4, -0.2) is 36.0 Å². The van der Waals surface area contributed by atoms with Gasteiger partial charge in [0.1, 0.15) is 5.75 Å². The number of carbonyl (C=O) groups excluding carboxylic acids is 2. The van der Waals surface area contributed by atoms with Crippen molar-refractivity contribution in [3.05, 3.63) is 65.7 Å². The van der Waals surface area contributed by atoms with Gasteiger partial charge in [0.15, 0.2) is 0 Å². The number of hydrogen-bond donors (Lipinski definition) is 1. The molecule has 0 aliphatic carbocycles. The van der Waals surface area contributed by atoms with Crippen LogP contribution in [0, 0.1) is 6.92 Å². The Kier molecular flexibility index (Phi) is 5.33. The van der Waals surface area contributed by atoms with Crippen LogP contribution in [0.25, 0.3) is 0 Å². The first-order valence-electron chi connectivity index (χ1n) is 8.52. The molecule has 1 aliphatic rings. The van der Waals surface area contributed by atoms with E-state index >= 15 is 0 Å². The molecule has 1 fully saturated rings. The molecule has 2 aromatic rings. The summed E-state index contributed by atoms with van der Waals surface area (Å²) in [7, 11) is 0. The molecule has 0 spiro atoms. The van der Waals surface area contributed by atoms with E-state index in [9.17, 15) is 9.59 Å². The van der Waals surface area contributed by atoms with Crippen LogP contribution in [0.4, 0.5) is 4.79 Å². The zero-order valence-electron chi connectivity index (χ0n) is 14.3. The third-order valence-corrected chi connectivity index (χ3v) is 4.43. The van der Waals surface area contributed by atoms with Crippen LogP contribution in [0.1, 0.15) is 28.8 Å². The number of benzene rings is 2. The maximum absolute atomic E-state index is 12.6. The third kappa shape index (κ3) is 4.38. The van der Waals surface area contributed by atoms with Crippen molar-refractivity contribution >= 4 is 12.0 Å². The lowest BCUT2D eigenvalue weighted by Gasteiger charge is -2.32. The Bertz CT molecular complexity index is 738. The quantitative estimate of drug-likeness (QED) is 0.933. The average molecular weight is 338 g/mol. The smallest absolute Gasteiger partial charge is 0.410 e. The van der Waals surface area contributed by atoms with Gasteiger partial charge < -0.3 is 15.0 Å². The van der Waals surface area contributed by atoms with Gasteiger partial charge in [0.2, 0.25) is 0 Å². The normalized spacial score (nSPS) is 14.8. The highest BCUT2D eigenvalue weighted by molar-refractivity contribution is 5.95. The summed E-state index contributed by atoms with van der Waals surface area (Å²) in [5.74, 6) is 0.579. The average Bonchev–Trinajstić information content (AvgIpc) is 2.63. The van der Waals surface area contributed by atoms with E-state index in [0.29, 0.717) is 18.8 Å². The van der Waals surface area contributed by atoms with Crippen molar-refractivity contribution in [3.63, 3.8) is 0 Å². The van der Waals surface area contributed by atoms with Crippen molar-refractivity contribution in [3.8, 4) is 5.75 Å². The minimum absolute atomic E-state index is 0.0251. The van der Waals surface area contributed by atoms with E-state index in [-0.39, 0.29) is 11.9 Å². The van der Waals surface area contributed by atoms with Gasteiger partial charge in [-0.25, -0.2) is 4.79 Å². The highest BCUT2D eigenvalue weighted by Gasteiger charge is 2.25. The van der Waals surface area contributed by atoms with Gasteiger partial charge in [0.25, 0.3) is 5.91 Å². The zero-order chi connectivity index (χ0) is 17.6. The first kappa shape index (κ1) is 17.0. The van der Waals surface area contributed by atoms with Crippen molar-refractivity contribution in [2.75, 3.05) is 13.1 Å². The van der Waals surface area contributed by atoms with Crippen LogP contribution in [0.15, 0.2) is 54.6 Å². The molecule has 0 unspecified atom stereocenters. The number of piperidine rings is 1. The van der Waals surface area contributed by atoms with Crippen LogP contribution >= 0.6 is 0 Å². The Balaban J connectivity index is 1.49. The Morgan fingerprint density at radius 2 is 1.64 bits per heavy atom. The number of para-hydroxylation sites is 1. The molecule has 0 bridgehead atoms. The second kappa shape index (κ2) is 7.83. The lowest BCUT2D eigenvalue weighted by molar-refractivity contribution is 0.0705. The van der Waals surface area contributed by atoms with Gasteiger partial charge in [0.05, 0.1) is 0 Å². The summed E-state index contributed by atoms with van der Waals surface area (Å²) in [5, 5.41) is 2.88. The zero-order valence-corrected chi connectivity index (χ0v) is 14.3. The number of nitrogens with one attached hydrogen (secondary N) is 1. The predicted molar refractivity (Wildman–Crippen MR) is 95.7 cm³/mol. The maximum atomic E-state index is 12.6. The van der Waals surface area contributed by atoms with Gasteiger partial charge in [-0.3, -0.25) is 4.79 Å². The Morgan fingerprint density at radius 1 is 1.00 bits per heavy atom. The molecule has 0 saturated carbocycles. The molecule has 0 atom stereocenters. The van der Waals surface area contributed by atoms with Gasteiger partial charge in [-0.15, -0.1) is 0 Å². The van der Waals surface area contributed by atoms with E-state index in [0.717, 1.165) is 24.0 Å². The monoisotopic (exact) mass is 338 g/mol. The Morgan fingerprint density at radius 3 is 2.32 bits per heavy atom. The van der Waals surface area contributed by atoms with Gasteiger partial charge >= 0.3 is 6.09 Å². The number of nitrogens with zero attached hydrogens (tertiary/aromatic N) is 1. The number of amides is 2. The van der Waals surface area contributed by atoms with Crippen molar-refractivity contribution < 1.29 is 14.3 Å². The van der Waals surface area contributed by atoms with Crippen molar-refractivity contribution in [2.24, 2.45) is 0 Å². The van der Waals surface area contributed by atoms with E-state index in [1.807, 2.05) is 54.3 Å². The van der Waals surface area contributed by atoms with E-state index in [2.05, 4.69) is 5.32 Å². The molecule has 1 aliphatic heterocycles. The second-order valence-electron chi connectivity index (χ2n) is 6.23. The SMILES string of the molecule is Cc1ccccc1C(=O)N1CCC(NC(=O)Oc2ccccc2)CC1. The fraction of sp³-hybridized carbons (Fsp3) is 0.300. The van der Waals surface area contributed by atoms with Crippen LogP contribution in [0.2, 0.25) is 0 Å². The molecule has 5 nitrogen and oxygen atoms in total. The topological polar surface area (TPSA) is 58.6 Å². The molecule has 5 heteroatoms. The van der Waals surface area contributed by atoms with Gasteiger partial charge in [-0.2, -0.15) is 0 Å². The molecular weight excluding hydrogens is 316 g/mol. The van der Waals surface area contributed by atoms with Crippen LogP contribution in [0.5, 0.6) is 5.75 Å². The van der Waals surface area contributed by atoms with Crippen LogP contribution in [0.3, 0.4) is 0 Å². The fourth-order valence-corrected chi connectivity index (χ4v) is 3.00. The molecule has 130 valence electrons. The number of hydrogen-bond acceptors (Lipinski definition) is 3. The van der Waals surface area contributed by atoms with E-state index in [1.165, 1.54) is 0 Å². The highest BCUT2D eigenvalue weighted by Crippen LogP contribution is 2.17. The number of carbonyl (C=O) groups is 2.